The average Bonchev–Trinajstić information content (AvgIpc) is 2.71. The van der Waals surface area contributed by atoms with Crippen LogP contribution in [0.5, 0.6) is 11.5 Å². The van der Waals surface area contributed by atoms with E-state index in [9.17, 15) is 4.79 Å². The highest BCUT2D eigenvalue weighted by molar-refractivity contribution is 5.84. The number of nitrogens with one attached hydrogen (secondary N) is 1. The van der Waals surface area contributed by atoms with Gasteiger partial charge in [-0.3, -0.25) is 4.79 Å². The van der Waals surface area contributed by atoms with Gasteiger partial charge in [-0.15, -0.1) is 0 Å². The third kappa shape index (κ3) is 4.59. The number of rotatable bonds is 7. The Bertz CT molecular complexity index is 905. The van der Waals surface area contributed by atoms with Crippen molar-refractivity contribution in [3.8, 4) is 11.5 Å². The first kappa shape index (κ1) is 18.8. The molecule has 140 valence electrons. The fraction of sp³-hybridized carbons (Fsp3) is 0.261. The highest BCUT2D eigenvalue weighted by Gasteiger charge is 2.21. The van der Waals surface area contributed by atoms with Crippen LogP contribution in [-0.2, 0) is 4.79 Å². The van der Waals surface area contributed by atoms with E-state index in [2.05, 4.69) is 11.4 Å². The summed E-state index contributed by atoms with van der Waals surface area (Å²) < 4.78 is 11.1. The summed E-state index contributed by atoms with van der Waals surface area (Å²) in [6.45, 7) is 3.91. The lowest BCUT2D eigenvalue weighted by atomic mass is 10.1. The summed E-state index contributed by atoms with van der Waals surface area (Å²) in [6, 6.07) is 21.6. The highest BCUT2D eigenvalue weighted by atomic mass is 16.5. The van der Waals surface area contributed by atoms with Crippen molar-refractivity contribution in [1.29, 1.82) is 0 Å². The first-order valence-corrected chi connectivity index (χ1v) is 9.20. The predicted molar refractivity (Wildman–Crippen MR) is 108 cm³/mol. The molecule has 27 heavy (non-hydrogen) atoms. The largest absolute Gasteiger partial charge is 0.497 e. The van der Waals surface area contributed by atoms with Gasteiger partial charge in [-0.1, -0.05) is 49.4 Å². The molecule has 3 aromatic carbocycles. The molecule has 0 saturated carbocycles. The van der Waals surface area contributed by atoms with E-state index in [1.54, 1.807) is 7.11 Å². The number of hydrogen-bond acceptors (Lipinski definition) is 3. The van der Waals surface area contributed by atoms with Crippen LogP contribution in [0.1, 0.15) is 31.9 Å². The van der Waals surface area contributed by atoms with E-state index in [0.717, 1.165) is 22.1 Å². The third-order valence-electron chi connectivity index (χ3n) is 4.64. The van der Waals surface area contributed by atoms with E-state index < -0.39 is 6.10 Å². The molecule has 0 heterocycles. The maximum atomic E-state index is 12.7. The Morgan fingerprint density at radius 2 is 1.63 bits per heavy atom. The molecule has 0 aromatic heterocycles. The van der Waals surface area contributed by atoms with Crippen molar-refractivity contribution < 1.29 is 14.3 Å². The van der Waals surface area contributed by atoms with Crippen molar-refractivity contribution in [1.82, 2.24) is 5.32 Å². The fourth-order valence-corrected chi connectivity index (χ4v) is 3.01. The molecule has 2 atom stereocenters. The van der Waals surface area contributed by atoms with Gasteiger partial charge in [0.1, 0.15) is 11.5 Å². The maximum Gasteiger partial charge on any atom is 0.261 e. The van der Waals surface area contributed by atoms with Crippen LogP contribution < -0.4 is 14.8 Å². The van der Waals surface area contributed by atoms with Crippen molar-refractivity contribution in [2.75, 3.05) is 7.11 Å². The van der Waals surface area contributed by atoms with E-state index in [1.165, 1.54) is 0 Å². The smallest absolute Gasteiger partial charge is 0.261 e. The first-order valence-electron chi connectivity index (χ1n) is 9.20. The van der Waals surface area contributed by atoms with Gasteiger partial charge < -0.3 is 14.8 Å². The molecule has 4 heteroatoms. The van der Waals surface area contributed by atoms with Gasteiger partial charge in [-0.2, -0.15) is 0 Å². The van der Waals surface area contributed by atoms with Gasteiger partial charge >= 0.3 is 0 Å². The zero-order chi connectivity index (χ0) is 19.2. The number of amides is 1. The van der Waals surface area contributed by atoms with Gasteiger partial charge in [-0.05, 0) is 53.9 Å². The average molecular weight is 363 g/mol. The molecule has 0 fully saturated rings. The van der Waals surface area contributed by atoms with Crippen LogP contribution in [0.2, 0.25) is 0 Å². The molecule has 0 radical (unpaired) electrons. The highest BCUT2D eigenvalue weighted by Crippen LogP contribution is 2.23. The molecular weight excluding hydrogens is 338 g/mol. The zero-order valence-corrected chi connectivity index (χ0v) is 15.9. The Hall–Kier alpha value is -3.01. The first-order chi connectivity index (χ1) is 13.1. The molecule has 0 saturated heterocycles. The Morgan fingerprint density at radius 1 is 0.963 bits per heavy atom. The SMILES string of the molecule is CCC(Oc1ccc2ccccc2c1)C(=O)NC(C)c1ccc(OC)cc1. The van der Waals surface area contributed by atoms with Crippen molar-refractivity contribution in [2.45, 2.75) is 32.4 Å². The zero-order valence-electron chi connectivity index (χ0n) is 15.9. The monoisotopic (exact) mass is 363 g/mol. The van der Waals surface area contributed by atoms with Crippen LogP contribution in [0.25, 0.3) is 10.8 Å². The summed E-state index contributed by atoms with van der Waals surface area (Å²) >= 11 is 0. The van der Waals surface area contributed by atoms with Gasteiger partial charge in [0.25, 0.3) is 5.91 Å². The Kier molecular flexibility index (Phi) is 5.97. The lowest BCUT2D eigenvalue weighted by Crippen LogP contribution is -2.39. The maximum absolute atomic E-state index is 12.7. The minimum atomic E-state index is -0.535. The molecule has 0 spiro atoms. The number of carbonyl (C=O) groups is 1. The van der Waals surface area contributed by atoms with Crippen LogP contribution in [-0.4, -0.2) is 19.1 Å². The van der Waals surface area contributed by atoms with Crippen molar-refractivity contribution in [2.24, 2.45) is 0 Å². The summed E-state index contributed by atoms with van der Waals surface area (Å²) in [5.41, 5.74) is 1.02. The Balaban J connectivity index is 1.67. The summed E-state index contributed by atoms with van der Waals surface area (Å²) in [5, 5.41) is 5.28. The number of methoxy groups -OCH3 is 1. The van der Waals surface area contributed by atoms with Gasteiger partial charge in [0.05, 0.1) is 13.2 Å². The summed E-state index contributed by atoms with van der Waals surface area (Å²) in [5.74, 6) is 1.38. The topological polar surface area (TPSA) is 47.6 Å². The number of benzene rings is 3. The van der Waals surface area contributed by atoms with E-state index in [-0.39, 0.29) is 11.9 Å². The van der Waals surface area contributed by atoms with E-state index in [4.69, 9.17) is 9.47 Å². The van der Waals surface area contributed by atoms with Crippen molar-refractivity contribution in [3.05, 3.63) is 72.3 Å². The van der Waals surface area contributed by atoms with E-state index in [1.807, 2.05) is 74.5 Å². The molecular formula is C23H25NO3. The van der Waals surface area contributed by atoms with Crippen LogP contribution in [0.4, 0.5) is 0 Å². The summed E-state index contributed by atoms with van der Waals surface area (Å²) in [4.78, 5) is 12.7. The second kappa shape index (κ2) is 8.58. The molecule has 2 unspecified atom stereocenters. The minimum Gasteiger partial charge on any atom is -0.497 e. The predicted octanol–water partition coefficient (Wildman–Crippen LogP) is 4.88. The molecule has 0 aliphatic heterocycles. The van der Waals surface area contributed by atoms with Crippen molar-refractivity contribution in [3.63, 3.8) is 0 Å². The molecule has 0 aliphatic carbocycles. The van der Waals surface area contributed by atoms with Crippen LogP contribution in [0.15, 0.2) is 66.7 Å². The molecule has 0 bridgehead atoms. The van der Waals surface area contributed by atoms with E-state index >= 15 is 0 Å². The Morgan fingerprint density at radius 3 is 2.30 bits per heavy atom. The minimum absolute atomic E-state index is 0.113. The summed E-state index contributed by atoms with van der Waals surface area (Å²) in [7, 11) is 1.64. The fourth-order valence-electron chi connectivity index (χ4n) is 3.01. The van der Waals surface area contributed by atoms with E-state index in [0.29, 0.717) is 12.2 Å². The quantitative estimate of drug-likeness (QED) is 0.650. The van der Waals surface area contributed by atoms with Crippen LogP contribution in [0, 0.1) is 0 Å². The summed E-state index contributed by atoms with van der Waals surface area (Å²) in [6.07, 6.45) is 0.0559. The number of fused-ring (bicyclic) bond motifs is 1. The third-order valence-corrected chi connectivity index (χ3v) is 4.64. The Labute approximate surface area is 160 Å². The molecule has 4 nitrogen and oxygen atoms in total. The standard InChI is InChI=1S/C23H25NO3/c1-4-22(27-21-14-11-18-7-5-6-8-19(18)15-21)23(25)24-16(2)17-9-12-20(26-3)13-10-17/h5-16,22H,4H2,1-3H3,(H,24,25). The second-order valence-electron chi connectivity index (χ2n) is 6.53. The van der Waals surface area contributed by atoms with Gasteiger partial charge in [0.15, 0.2) is 6.10 Å². The van der Waals surface area contributed by atoms with Crippen molar-refractivity contribution >= 4 is 16.7 Å². The lowest BCUT2D eigenvalue weighted by Gasteiger charge is -2.21. The van der Waals surface area contributed by atoms with Crippen LogP contribution in [0.3, 0.4) is 0 Å². The number of ether oxygens (including phenoxy) is 2. The molecule has 1 amide bonds. The number of carbonyl (C=O) groups excluding carboxylic acids is 1. The van der Waals surface area contributed by atoms with Crippen LogP contribution >= 0.6 is 0 Å². The van der Waals surface area contributed by atoms with Gasteiger partial charge in [-0.25, -0.2) is 0 Å². The van der Waals surface area contributed by atoms with Gasteiger partial charge in [0, 0.05) is 0 Å². The molecule has 1 N–H and O–H groups in total. The molecule has 0 aliphatic rings. The second-order valence-corrected chi connectivity index (χ2v) is 6.53. The normalized spacial score (nSPS) is 13.0. The molecule has 3 rings (SSSR count). The lowest BCUT2D eigenvalue weighted by molar-refractivity contribution is -0.128. The number of hydrogen-bond donors (Lipinski definition) is 1. The van der Waals surface area contributed by atoms with Gasteiger partial charge in [0.2, 0.25) is 0 Å². The molecule has 3 aromatic rings.